The van der Waals surface area contributed by atoms with Crippen molar-refractivity contribution >= 4 is 21.6 Å². The summed E-state index contributed by atoms with van der Waals surface area (Å²) < 4.78 is 33.0. The lowest BCUT2D eigenvalue weighted by atomic mass is 10.2. The molecule has 0 bridgehead atoms. The lowest BCUT2D eigenvalue weighted by Crippen LogP contribution is -2.24. The molecule has 0 fully saturated rings. The average Bonchev–Trinajstić information content (AvgIpc) is 3.13. The first-order chi connectivity index (χ1) is 11.4. The van der Waals surface area contributed by atoms with E-state index in [1.807, 2.05) is 12.1 Å². The molecule has 6 nitrogen and oxygen atoms in total. The number of nitrogens with one attached hydrogen (secondary N) is 2. The summed E-state index contributed by atoms with van der Waals surface area (Å²) in [6, 6.07) is 10.8. The largest absolute Gasteiger partial charge is 0.460 e. The van der Waals surface area contributed by atoms with Crippen LogP contribution in [0.3, 0.4) is 0 Å². The van der Waals surface area contributed by atoms with Crippen molar-refractivity contribution in [3.05, 3.63) is 58.6 Å². The summed E-state index contributed by atoms with van der Waals surface area (Å²) in [7, 11) is -3.66. The molecule has 8 heteroatoms. The summed E-state index contributed by atoms with van der Waals surface area (Å²) in [4.78, 5) is 0.173. The molecule has 0 atom stereocenters. The molecule has 0 unspecified atom stereocenters. The van der Waals surface area contributed by atoms with E-state index in [9.17, 15) is 8.42 Å². The number of rotatable bonds is 5. The summed E-state index contributed by atoms with van der Waals surface area (Å²) in [6.45, 7) is 3.36. The molecule has 0 saturated carbocycles. The summed E-state index contributed by atoms with van der Waals surface area (Å²) >= 11 is 5.86. The highest BCUT2D eigenvalue weighted by Gasteiger charge is 2.22. The number of hydrogen-bond donors (Lipinski definition) is 2. The van der Waals surface area contributed by atoms with Crippen LogP contribution in [0.5, 0.6) is 0 Å². The Kier molecular flexibility index (Phi) is 4.49. The predicted octanol–water partition coefficient (Wildman–Crippen LogP) is 3.42. The second-order valence-electron chi connectivity index (χ2n) is 5.36. The van der Waals surface area contributed by atoms with Crippen LogP contribution in [0, 0.1) is 13.8 Å². The van der Waals surface area contributed by atoms with Crippen molar-refractivity contribution in [3.63, 3.8) is 0 Å². The molecule has 0 amide bonds. The topological polar surface area (TPSA) is 88.0 Å². The SMILES string of the molecule is Cc1n[nH]c(C)c1S(=O)(=O)NCc1ccc(-c2ccc(Cl)cc2)o1. The molecule has 0 aliphatic carbocycles. The molecule has 2 aromatic heterocycles. The molecule has 0 radical (unpaired) electrons. The van der Waals surface area contributed by atoms with Gasteiger partial charge in [-0.3, -0.25) is 5.10 Å². The fourth-order valence-electron chi connectivity index (χ4n) is 2.42. The lowest BCUT2D eigenvalue weighted by molar-refractivity contribution is 0.509. The van der Waals surface area contributed by atoms with Crippen LogP contribution in [-0.4, -0.2) is 18.6 Å². The van der Waals surface area contributed by atoms with E-state index >= 15 is 0 Å². The maximum Gasteiger partial charge on any atom is 0.244 e. The maximum absolute atomic E-state index is 12.4. The van der Waals surface area contributed by atoms with Gasteiger partial charge in [-0.2, -0.15) is 5.10 Å². The van der Waals surface area contributed by atoms with Crippen LogP contribution in [0.2, 0.25) is 5.02 Å². The minimum Gasteiger partial charge on any atom is -0.460 e. The van der Waals surface area contributed by atoms with E-state index in [0.717, 1.165) is 5.56 Å². The van der Waals surface area contributed by atoms with Crippen molar-refractivity contribution in [2.75, 3.05) is 0 Å². The van der Waals surface area contributed by atoms with E-state index < -0.39 is 10.0 Å². The van der Waals surface area contributed by atoms with Gasteiger partial charge in [0, 0.05) is 10.6 Å². The van der Waals surface area contributed by atoms with Gasteiger partial charge < -0.3 is 4.42 Å². The number of H-pyrrole nitrogens is 1. The van der Waals surface area contributed by atoms with E-state index in [1.54, 1.807) is 38.1 Å². The quantitative estimate of drug-likeness (QED) is 0.725. The second kappa shape index (κ2) is 6.43. The third-order valence-electron chi connectivity index (χ3n) is 3.56. The van der Waals surface area contributed by atoms with E-state index in [1.165, 1.54) is 0 Å². The van der Waals surface area contributed by atoms with Crippen molar-refractivity contribution in [1.29, 1.82) is 0 Å². The number of benzene rings is 1. The van der Waals surface area contributed by atoms with Gasteiger partial charge >= 0.3 is 0 Å². The Morgan fingerprint density at radius 3 is 2.50 bits per heavy atom. The smallest absolute Gasteiger partial charge is 0.244 e. The highest BCUT2D eigenvalue weighted by atomic mass is 35.5. The Morgan fingerprint density at radius 1 is 1.17 bits per heavy atom. The summed E-state index contributed by atoms with van der Waals surface area (Å²) in [5, 5.41) is 7.22. The molecule has 0 aliphatic rings. The number of aromatic amines is 1. The first-order valence-corrected chi connectivity index (χ1v) is 9.09. The molecule has 24 heavy (non-hydrogen) atoms. The monoisotopic (exact) mass is 365 g/mol. The number of sulfonamides is 1. The molecule has 3 rings (SSSR count). The number of furan rings is 1. The van der Waals surface area contributed by atoms with Crippen LogP contribution in [0.1, 0.15) is 17.1 Å². The van der Waals surface area contributed by atoms with Crippen LogP contribution >= 0.6 is 11.6 Å². The number of aryl methyl sites for hydroxylation is 2. The molecule has 3 aromatic rings. The molecule has 126 valence electrons. The van der Waals surface area contributed by atoms with Gasteiger partial charge in [0.05, 0.1) is 17.9 Å². The normalized spacial score (nSPS) is 11.8. The Balaban J connectivity index is 1.75. The van der Waals surface area contributed by atoms with Gasteiger partial charge in [-0.25, -0.2) is 13.1 Å². The van der Waals surface area contributed by atoms with Crippen molar-refractivity contribution in [3.8, 4) is 11.3 Å². The predicted molar refractivity (Wildman–Crippen MR) is 91.2 cm³/mol. The highest BCUT2D eigenvalue weighted by Crippen LogP contribution is 2.24. The Labute approximate surface area is 144 Å². The third-order valence-corrected chi connectivity index (χ3v) is 5.47. The van der Waals surface area contributed by atoms with E-state index in [-0.39, 0.29) is 11.4 Å². The molecular formula is C16H16ClN3O3S. The number of halogens is 1. The van der Waals surface area contributed by atoms with Gasteiger partial charge in [-0.1, -0.05) is 11.6 Å². The van der Waals surface area contributed by atoms with Crippen LogP contribution < -0.4 is 4.72 Å². The van der Waals surface area contributed by atoms with Gasteiger partial charge in [0.15, 0.2) is 0 Å². The Hall–Kier alpha value is -2.09. The van der Waals surface area contributed by atoms with Gasteiger partial charge in [0.2, 0.25) is 10.0 Å². The molecule has 0 saturated heterocycles. The zero-order valence-corrected chi connectivity index (χ0v) is 14.7. The van der Waals surface area contributed by atoms with Gasteiger partial charge in [0.25, 0.3) is 0 Å². The van der Waals surface area contributed by atoms with Crippen molar-refractivity contribution in [1.82, 2.24) is 14.9 Å². The minimum atomic E-state index is -3.66. The molecular weight excluding hydrogens is 350 g/mol. The summed E-state index contributed by atoms with van der Waals surface area (Å²) in [6.07, 6.45) is 0. The van der Waals surface area contributed by atoms with Crippen molar-refractivity contribution in [2.24, 2.45) is 0 Å². The third kappa shape index (κ3) is 3.38. The summed E-state index contributed by atoms with van der Waals surface area (Å²) in [5.41, 5.74) is 1.80. The summed E-state index contributed by atoms with van der Waals surface area (Å²) in [5.74, 6) is 1.17. The van der Waals surface area contributed by atoms with Crippen LogP contribution in [0.15, 0.2) is 45.7 Å². The highest BCUT2D eigenvalue weighted by molar-refractivity contribution is 7.89. The average molecular weight is 366 g/mol. The fourth-order valence-corrected chi connectivity index (χ4v) is 3.90. The van der Waals surface area contributed by atoms with Gasteiger partial charge in [0.1, 0.15) is 16.4 Å². The standard InChI is InChI=1S/C16H16ClN3O3S/c1-10-16(11(2)20-19-10)24(21,22)18-9-14-7-8-15(23-14)12-3-5-13(17)6-4-12/h3-8,18H,9H2,1-2H3,(H,19,20). The minimum absolute atomic E-state index is 0.0555. The lowest BCUT2D eigenvalue weighted by Gasteiger charge is -2.05. The van der Waals surface area contributed by atoms with Crippen LogP contribution in [0.4, 0.5) is 0 Å². The maximum atomic E-state index is 12.4. The molecule has 0 aliphatic heterocycles. The van der Waals surface area contributed by atoms with Crippen LogP contribution in [0.25, 0.3) is 11.3 Å². The van der Waals surface area contributed by atoms with E-state index in [0.29, 0.717) is 27.9 Å². The van der Waals surface area contributed by atoms with Gasteiger partial charge in [-0.05, 0) is 50.2 Å². The Morgan fingerprint density at radius 2 is 1.88 bits per heavy atom. The molecule has 2 heterocycles. The number of hydrogen-bond acceptors (Lipinski definition) is 4. The molecule has 1 aromatic carbocycles. The van der Waals surface area contributed by atoms with Crippen LogP contribution in [-0.2, 0) is 16.6 Å². The first kappa shape index (κ1) is 16.8. The van der Waals surface area contributed by atoms with E-state index in [4.69, 9.17) is 16.0 Å². The second-order valence-corrected chi connectivity index (χ2v) is 7.50. The molecule has 2 N–H and O–H groups in total. The van der Waals surface area contributed by atoms with Crippen molar-refractivity contribution in [2.45, 2.75) is 25.3 Å². The fraction of sp³-hybridized carbons (Fsp3) is 0.188. The van der Waals surface area contributed by atoms with Gasteiger partial charge in [-0.15, -0.1) is 0 Å². The first-order valence-electron chi connectivity index (χ1n) is 7.23. The zero-order chi connectivity index (χ0) is 17.3. The zero-order valence-electron chi connectivity index (χ0n) is 13.1. The Bertz CT molecular complexity index is 939. The van der Waals surface area contributed by atoms with E-state index in [2.05, 4.69) is 14.9 Å². The number of nitrogens with zero attached hydrogens (tertiary/aromatic N) is 1. The van der Waals surface area contributed by atoms with Crippen molar-refractivity contribution < 1.29 is 12.8 Å². The molecule has 0 spiro atoms. The number of aromatic nitrogens is 2.